The molecule has 0 saturated carbocycles. The number of rotatable bonds is 6. The second-order valence-corrected chi connectivity index (χ2v) is 11.2. The fourth-order valence-electron chi connectivity index (χ4n) is 4.12. The molecular weight excluding hydrogens is 458 g/mol. The highest BCUT2D eigenvalue weighted by molar-refractivity contribution is 7.89. The molecule has 1 fully saturated rings. The monoisotopic (exact) mass is 485 g/mol. The van der Waals surface area contributed by atoms with Crippen LogP contribution in [0.15, 0.2) is 45.1 Å². The number of thiophene rings is 1. The van der Waals surface area contributed by atoms with Gasteiger partial charge in [0.1, 0.15) is 5.69 Å². The maximum atomic E-state index is 13.4. The van der Waals surface area contributed by atoms with Gasteiger partial charge in [0.2, 0.25) is 15.9 Å². The van der Waals surface area contributed by atoms with E-state index in [0.29, 0.717) is 18.5 Å². The molecule has 0 radical (unpaired) electrons. The number of sulfonamides is 1. The summed E-state index contributed by atoms with van der Waals surface area (Å²) in [4.78, 5) is 13.8. The zero-order chi connectivity index (χ0) is 23.6. The average Bonchev–Trinajstić information content (AvgIpc) is 3.41. The van der Waals surface area contributed by atoms with Crippen molar-refractivity contribution in [1.82, 2.24) is 9.46 Å². The Morgan fingerprint density at radius 3 is 2.48 bits per heavy atom. The van der Waals surface area contributed by atoms with Gasteiger partial charge in [0.15, 0.2) is 10.7 Å². The Morgan fingerprint density at radius 2 is 1.85 bits per heavy atom. The zero-order valence-corrected chi connectivity index (χ0v) is 20.5. The second kappa shape index (κ2) is 9.62. The van der Waals surface area contributed by atoms with Crippen LogP contribution in [0.25, 0.3) is 12.2 Å². The quantitative estimate of drug-likeness (QED) is 0.538. The van der Waals surface area contributed by atoms with Crippen LogP contribution in [0.3, 0.4) is 0 Å². The first-order valence-corrected chi connectivity index (χ1v) is 13.1. The summed E-state index contributed by atoms with van der Waals surface area (Å²) in [5.41, 5.74) is 3.27. The van der Waals surface area contributed by atoms with E-state index in [4.69, 9.17) is 4.52 Å². The topological polar surface area (TPSA) is 92.5 Å². The van der Waals surface area contributed by atoms with Crippen LogP contribution in [-0.2, 0) is 14.8 Å². The predicted octanol–water partition coefficient (Wildman–Crippen LogP) is 4.87. The average molecular weight is 486 g/mol. The lowest BCUT2D eigenvalue weighted by Crippen LogP contribution is -2.41. The minimum absolute atomic E-state index is 0.0715. The van der Waals surface area contributed by atoms with Crippen LogP contribution in [0.2, 0.25) is 0 Å². The first-order valence-electron chi connectivity index (χ1n) is 10.8. The summed E-state index contributed by atoms with van der Waals surface area (Å²) in [6, 6.07) is 9.78. The molecule has 3 aromatic rings. The number of nitrogens with zero attached hydrogens (tertiary/aromatic N) is 2. The number of carbonyl (C=O) groups is 1. The van der Waals surface area contributed by atoms with Crippen LogP contribution in [0.1, 0.15) is 40.3 Å². The Hall–Kier alpha value is -2.75. The number of benzene rings is 1. The van der Waals surface area contributed by atoms with E-state index in [0.717, 1.165) is 21.7 Å². The number of hydrogen-bond donors (Lipinski definition) is 1. The van der Waals surface area contributed by atoms with Crippen molar-refractivity contribution < 1.29 is 17.7 Å². The first kappa shape index (κ1) is 23.4. The number of aromatic nitrogens is 1. The predicted molar refractivity (Wildman–Crippen MR) is 131 cm³/mol. The fraction of sp³-hybridized carbons (Fsp3) is 0.333. The molecule has 1 aromatic carbocycles. The second-order valence-electron chi connectivity index (χ2n) is 8.35. The number of piperidine rings is 1. The van der Waals surface area contributed by atoms with Crippen molar-refractivity contribution in [3.05, 3.63) is 63.2 Å². The van der Waals surface area contributed by atoms with Crippen LogP contribution >= 0.6 is 11.3 Å². The molecule has 4 rings (SSSR count). The Morgan fingerprint density at radius 1 is 1.15 bits per heavy atom. The van der Waals surface area contributed by atoms with E-state index in [1.54, 1.807) is 24.3 Å². The zero-order valence-electron chi connectivity index (χ0n) is 18.9. The third-order valence-corrected chi connectivity index (χ3v) is 8.58. The molecule has 33 heavy (non-hydrogen) atoms. The van der Waals surface area contributed by atoms with E-state index in [9.17, 15) is 13.2 Å². The van der Waals surface area contributed by atoms with Crippen LogP contribution in [-0.4, -0.2) is 36.9 Å². The highest BCUT2D eigenvalue weighted by atomic mass is 32.2. The maximum Gasteiger partial charge on any atom is 0.248 e. The molecule has 0 bridgehead atoms. The van der Waals surface area contributed by atoms with Gasteiger partial charge in [-0.15, -0.1) is 11.3 Å². The van der Waals surface area contributed by atoms with Crippen molar-refractivity contribution >= 4 is 45.1 Å². The lowest BCUT2D eigenvalue weighted by atomic mass is 9.97. The summed E-state index contributed by atoms with van der Waals surface area (Å²) in [5.74, 6) is -0.0904. The molecule has 7 nitrogen and oxygen atoms in total. The van der Waals surface area contributed by atoms with Crippen molar-refractivity contribution in [3.63, 3.8) is 0 Å². The molecule has 0 spiro atoms. The maximum absolute atomic E-state index is 13.4. The van der Waals surface area contributed by atoms with Gasteiger partial charge in [0.05, 0.1) is 0 Å². The van der Waals surface area contributed by atoms with Crippen LogP contribution in [0, 0.1) is 26.7 Å². The summed E-state index contributed by atoms with van der Waals surface area (Å²) < 4.78 is 33.5. The molecule has 9 heteroatoms. The van der Waals surface area contributed by atoms with Gasteiger partial charge in [-0.3, -0.25) is 4.79 Å². The van der Waals surface area contributed by atoms with Gasteiger partial charge in [-0.2, -0.15) is 4.31 Å². The van der Waals surface area contributed by atoms with Crippen molar-refractivity contribution in [1.29, 1.82) is 0 Å². The van der Waals surface area contributed by atoms with Gasteiger partial charge in [0, 0.05) is 29.6 Å². The van der Waals surface area contributed by atoms with Gasteiger partial charge in [-0.05, 0) is 80.5 Å². The lowest BCUT2D eigenvalue weighted by Gasteiger charge is -2.30. The Bertz CT molecular complexity index is 1250. The molecule has 3 heterocycles. The molecular formula is C24H27N3O4S2. The fourth-order valence-corrected chi connectivity index (χ4v) is 6.46. The van der Waals surface area contributed by atoms with Gasteiger partial charge in [-0.1, -0.05) is 17.3 Å². The largest absolute Gasteiger partial charge is 0.355 e. The molecule has 1 N–H and O–H groups in total. The van der Waals surface area contributed by atoms with Gasteiger partial charge < -0.3 is 9.84 Å². The Labute approximate surface area is 198 Å². The SMILES string of the molecule is Cc1cc(C)cc(NC(=O)C2CCN(S(=O)(=O)c3c(C)noc3/C=C/c3cccs3)CC2)c1. The number of amides is 1. The minimum Gasteiger partial charge on any atom is -0.355 e. The normalized spacial score (nSPS) is 15.8. The first-order chi connectivity index (χ1) is 15.7. The van der Waals surface area contributed by atoms with E-state index < -0.39 is 10.0 Å². The summed E-state index contributed by atoms with van der Waals surface area (Å²) in [6.07, 6.45) is 4.37. The standard InChI is InChI=1S/C24H27N3O4S2/c1-16-13-17(2)15-20(14-16)25-24(28)19-8-10-27(11-9-19)33(29,30)23-18(3)26-31-22(23)7-6-21-5-4-12-32-21/h4-7,12-15,19H,8-11H2,1-3H3,(H,25,28)/b7-6+. The molecule has 2 aromatic heterocycles. The van der Waals surface area contributed by atoms with Gasteiger partial charge >= 0.3 is 0 Å². The summed E-state index contributed by atoms with van der Waals surface area (Å²) >= 11 is 1.55. The molecule has 0 atom stereocenters. The molecule has 1 aliphatic rings. The molecule has 174 valence electrons. The number of nitrogens with one attached hydrogen (secondary N) is 1. The minimum atomic E-state index is -3.79. The highest BCUT2D eigenvalue weighted by Crippen LogP contribution is 2.30. The smallest absolute Gasteiger partial charge is 0.248 e. The van der Waals surface area contributed by atoms with E-state index >= 15 is 0 Å². The van der Waals surface area contributed by atoms with Crippen LogP contribution < -0.4 is 5.32 Å². The third-order valence-electron chi connectivity index (χ3n) is 5.69. The number of aryl methyl sites for hydroxylation is 3. The molecule has 0 unspecified atom stereocenters. The van der Waals surface area contributed by atoms with E-state index in [-0.39, 0.29) is 35.6 Å². The Balaban J connectivity index is 1.44. The summed E-state index contributed by atoms with van der Waals surface area (Å²) in [7, 11) is -3.79. The van der Waals surface area contributed by atoms with Gasteiger partial charge in [0.25, 0.3) is 0 Å². The summed E-state index contributed by atoms with van der Waals surface area (Å²) in [5, 5.41) is 8.82. The highest BCUT2D eigenvalue weighted by Gasteiger charge is 2.36. The van der Waals surface area contributed by atoms with Crippen LogP contribution in [0.5, 0.6) is 0 Å². The van der Waals surface area contributed by atoms with Gasteiger partial charge in [-0.25, -0.2) is 8.42 Å². The van der Waals surface area contributed by atoms with Crippen molar-refractivity contribution in [2.24, 2.45) is 5.92 Å². The van der Waals surface area contributed by atoms with Crippen molar-refractivity contribution in [2.75, 3.05) is 18.4 Å². The van der Waals surface area contributed by atoms with E-state index in [2.05, 4.69) is 16.5 Å². The molecule has 1 saturated heterocycles. The van der Waals surface area contributed by atoms with Crippen molar-refractivity contribution in [3.8, 4) is 0 Å². The molecule has 0 aliphatic carbocycles. The van der Waals surface area contributed by atoms with Crippen LogP contribution in [0.4, 0.5) is 5.69 Å². The van der Waals surface area contributed by atoms with E-state index in [1.807, 2.05) is 49.6 Å². The number of anilines is 1. The number of carbonyl (C=O) groups excluding carboxylic acids is 1. The Kier molecular flexibility index (Phi) is 6.83. The third kappa shape index (κ3) is 5.26. The number of hydrogen-bond acceptors (Lipinski definition) is 6. The lowest BCUT2D eigenvalue weighted by molar-refractivity contribution is -0.120. The molecule has 1 aliphatic heterocycles. The summed E-state index contributed by atoms with van der Waals surface area (Å²) in [6.45, 7) is 6.14. The molecule has 1 amide bonds. The van der Waals surface area contributed by atoms with Crippen molar-refractivity contribution in [2.45, 2.75) is 38.5 Å². The van der Waals surface area contributed by atoms with E-state index in [1.165, 1.54) is 4.31 Å².